The molecule has 1 aliphatic heterocycles. The molecule has 2 fully saturated rings. The van der Waals surface area contributed by atoms with Crippen molar-refractivity contribution in [3.05, 3.63) is 46.0 Å². The molecule has 0 amide bonds. The highest BCUT2D eigenvalue weighted by Gasteiger charge is 2.26. The smallest absolute Gasteiger partial charge is 0.263 e. The Bertz CT molecular complexity index is 1320. The van der Waals surface area contributed by atoms with Crippen LogP contribution in [0.25, 0.3) is 11.0 Å². The summed E-state index contributed by atoms with van der Waals surface area (Å²) in [5, 5.41) is 4.00. The first-order valence-corrected chi connectivity index (χ1v) is 13.2. The second-order valence-electron chi connectivity index (χ2n) is 10.7. The molecule has 0 bridgehead atoms. The summed E-state index contributed by atoms with van der Waals surface area (Å²) in [5.74, 6) is 2.72. The lowest BCUT2D eigenvalue weighted by atomic mass is 9.87. The Balaban J connectivity index is 1.42. The van der Waals surface area contributed by atoms with Crippen molar-refractivity contribution in [3.63, 3.8) is 0 Å². The molecule has 0 spiro atoms. The molecule has 0 aromatic carbocycles. The van der Waals surface area contributed by atoms with Gasteiger partial charge >= 0.3 is 0 Å². The highest BCUT2D eigenvalue weighted by atomic mass is 16.1. The van der Waals surface area contributed by atoms with Gasteiger partial charge in [0.15, 0.2) is 5.78 Å². The lowest BCUT2D eigenvalue weighted by Gasteiger charge is -2.34. The van der Waals surface area contributed by atoms with Crippen molar-refractivity contribution >= 4 is 34.3 Å². The van der Waals surface area contributed by atoms with Gasteiger partial charge in [0.25, 0.3) is 5.56 Å². The minimum absolute atomic E-state index is 0.0576. The van der Waals surface area contributed by atoms with Gasteiger partial charge in [0.2, 0.25) is 5.95 Å². The molecule has 5 rings (SSSR count). The number of nitrogens with zero attached hydrogens (tertiary/aromatic N) is 5. The number of rotatable bonds is 6. The molecule has 3 aromatic heterocycles. The maximum atomic E-state index is 13.4. The number of ketones is 1. The molecule has 36 heavy (non-hydrogen) atoms. The van der Waals surface area contributed by atoms with Crippen LogP contribution in [0.1, 0.15) is 81.3 Å². The summed E-state index contributed by atoms with van der Waals surface area (Å²) in [4.78, 5) is 42.0. The molecule has 3 aromatic rings. The van der Waals surface area contributed by atoms with Crippen molar-refractivity contribution in [2.24, 2.45) is 11.8 Å². The van der Waals surface area contributed by atoms with Crippen molar-refractivity contribution in [2.75, 3.05) is 23.3 Å². The van der Waals surface area contributed by atoms with E-state index >= 15 is 0 Å². The number of aryl methyl sites for hydroxylation is 1. The monoisotopic (exact) mass is 488 g/mol. The third-order valence-corrected chi connectivity index (χ3v) is 8.06. The van der Waals surface area contributed by atoms with Gasteiger partial charge in [-0.2, -0.15) is 4.98 Å². The van der Waals surface area contributed by atoms with Crippen LogP contribution in [0.5, 0.6) is 0 Å². The van der Waals surface area contributed by atoms with Crippen molar-refractivity contribution in [1.29, 1.82) is 0 Å². The lowest BCUT2D eigenvalue weighted by molar-refractivity contribution is 0.101. The highest BCUT2D eigenvalue weighted by Crippen LogP contribution is 2.32. The fraction of sp³-hybridized carbons (Fsp3) is 0.536. The lowest BCUT2D eigenvalue weighted by Crippen LogP contribution is -2.35. The van der Waals surface area contributed by atoms with Gasteiger partial charge in [0, 0.05) is 30.7 Å². The van der Waals surface area contributed by atoms with Crippen molar-refractivity contribution in [3.8, 4) is 0 Å². The fourth-order valence-corrected chi connectivity index (χ4v) is 5.88. The molecular weight excluding hydrogens is 452 g/mol. The molecule has 0 unspecified atom stereocenters. The van der Waals surface area contributed by atoms with Crippen LogP contribution in [0, 0.1) is 18.8 Å². The number of piperidine rings is 1. The van der Waals surface area contributed by atoms with Crippen LogP contribution in [0.15, 0.2) is 29.3 Å². The Morgan fingerprint density at radius 1 is 1.06 bits per heavy atom. The van der Waals surface area contributed by atoms with E-state index in [1.54, 1.807) is 10.8 Å². The summed E-state index contributed by atoms with van der Waals surface area (Å²) < 4.78 is 1.74. The average Bonchev–Trinajstić information content (AvgIpc) is 3.39. The van der Waals surface area contributed by atoms with Crippen LogP contribution in [0.3, 0.4) is 0 Å². The van der Waals surface area contributed by atoms with Gasteiger partial charge in [-0.1, -0.05) is 26.7 Å². The fourth-order valence-electron chi connectivity index (χ4n) is 5.88. The summed E-state index contributed by atoms with van der Waals surface area (Å²) in [7, 11) is 0. The number of hydrogen-bond donors (Lipinski definition) is 1. The van der Waals surface area contributed by atoms with Crippen LogP contribution in [-0.2, 0) is 0 Å². The van der Waals surface area contributed by atoms with Gasteiger partial charge in [-0.25, -0.2) is 9.97 Å². The molecule has 1 saturated carbocycles. The molecule has 1 aliphatic carbocycles. The van der Waals surface area contributed by atoms with E-state index in [2.05, 4.69) is 34.0 Å². The number of carbonyl (C=O) groups is 1. The van der Waals surface area contributed by atoms with E-state index in [1.807, 2.05) is 25.3 Å². The van der Waals surface area contributed by atoms with Gasteiger partial charge in [-0.15, -0.1) is 0 Å². The number of carbonyl (C=O) groups excluding carboxylic acids is 1. The second kappa shape index (κ2) is 9.99. The van der Waals surface area contributed by atoms with E-state index in [0.29, 0.717) is 17.2 Å². The molecule has 8 nitrogen and oxygen atoms in total. The molecule has 0 atom stereocenters. The number of nitrogens with one attached hydrogen (secondary N) is 1. The maximum Gasteiger partial charge on any atom is 0.263 e. The van der Waals surface area contributed by atoms with E-state index in [9.17, 15) is 9.59 Å². The predicted molar refractivity (Wildman–Crippen MR) is 143 cm³/mol. The van der Waals surface area contributed by atoms with Crippen molar-refractivity contribution < 1.29 is 4.79 Å². The first-order valence-electron chi connectivity index (χ1n) is 13.2. The quantitative estimate of drug-likeness (QED) is 0.463. The van der Waals surface area contributed by atoms with E-state index in [-0.39, 0.29) is 22.9 Å². The summed E-state index contributed by atoms with van der Waals surface area (Å²) in [6, 6.07) is 4.09. The molecule has 0 radical (unpaired) electrons. The van der Waals surface area contributed by atoms with Crippen LogP contribution < -0.4 is 15.8 Å². The van der Waals surface area contributed by atoms with Gasteiger partial charge in [0.05, 0.1) is 17.4 Å². The van der Waals surface area contributed by atoms with Crippen LogP contribution in [-0.4, -0.2) is 38.4 Å². The molecule has 2 aliphatic rings. The number of pyridine rings is 2. The second-order valence-corrected chi connectivity index (χ2v) is 10.7. The summed E-state index contributed by atoms with van der Waals surface area (Å²) in [6.07, 6.45) is 9.93. The Hall–Kier alpha value is -3.29. The molecule has 8 heteroatoms. The van der Waals surface area contributed by atoms with Crippen LogP contribution in [0.2, 0.25) is 0 Å². The standard InChI is InChI=1S/C28H36N6O2/c1-17(2)20-11-13-33(14-12-20)24-10-9-21(15-29-24)31-28-30-16-23-18(3)25(19(4)35)27(36)34(26(23)32-28)22-7-5-6-8-22/h9-10,15-17,20,22H,5-8,11-14H2,1-4H3,(H,30,31,32). The molecule has 1 N–H and O–H groups in total. The minimum atomic E-state index is -0.240. The molecule has 190 valence electrons. The largest absolute Gasteiger partial charge is 0.357 e. The Kier molecular flexibility index (Phi) is 6.77. The van der Waals surface area contributed by atoms with E-state index in [1.165, 1.54) is 19.8 Å². The van der Waals surface area contributed by atoms with E-state index in [4.69, 9.17) is 4.98 Å². The zero-order valence-corrected chi connectivity index (χ0v) is 21.8. The van der Waals surface area contributed by atoms with Gasteiger partial charge in [-0.3, -0.25) is 14.2 Å². The van der Waals surface area contributed by atoms with Gasteiger partial charge in [0.1, 0.15) is 11.5 Å². The Morgan fingerprint density at radius 3 is 2.39 bits per heavy atom. The highest BCUT2D eigenvalue weighted by molar-refractivity contribution is 5.99. The molecular formula is C28H36N6O2. The maximum absolute atomic E-state index is 13.4. The summed E-state index contributed by atoms with van der Waals surface area (Å²) >= 11 is 0. The van der Waals surface area contributed by atoms with Crippen LogP contribution in [0.4, 0.5) is 17.5 Å². The van der Waals surface area contributed by atoms with Crippen molar-refractivity contribution in [2.45, 2.75) is 72.3 Å². The Labute approximate surface area is 212 Å². The van der Waals surface area contributed by atoms with E-state index in [0.717, 1.165) is 67.5 Å². The third-order valence-electron chi connectivity index (χ3n) is 8.06. The zero-order chi connectivity index (χ0) is 25.4. The molecule has 1 saturated heterocycles. The SMILES string of the molecule is CC(=O)c1c(C)c2cnc(Nc3ccc(N4CCC(C(C)C)CC4)nc3)nc2n(C2CCCC2)c1=O. The number of aromatic nitrogens is 4. The summed E-state index contributed by atoms with van der Waals surface area (Å²) in [6.45, 7) is 9.96. The molecule has 4 heterocycles. The zero-order valence-electron chi connectivity index (χ0n) is 21.8. The van der Waals surface area contributed by atoms with Crippen LogP contribution >= 0.6 is 0 Å². The van der Waals surface area contributed by atoms with Gasteiger partial charge < -0.3 is 10.2 Å². The number of anilines is 3. The topological polar surface area (TPSA) is 93.0 Å². The average molecular weight is 489 g/mol. The summed E-state index contributed by atoms with van der Waals surface area (Å²) in [5.41, 5.74) is 2.04. The third kappa shape index (κ3) is 4.61. The normalized spacial score (nSPS) is 17.3. The minimum Gasteiger partial charge on any atom is -0.357 e. The predicted octanol–water partition coefficient (Wildman–Crippen LogP) is 5.43. The first kappa shape index (κ1) is 24.4. The Morgan fingerprint density at radius 2 is 1.78 bits per heavy atom. The first-order chi connectivity index (χ1) is 17.3. The number of hydrogen-bond acceptors (Lipinski definition) is 7. The van der Waals surface area contributed by atoms with Gasteiger partial charge in [-0.05, 0) is 69.1 Å². The van der Waals surface area contributed by atoms with Crippen molar-refractivity contribution in [1.82, 2.24) is 19.5 Å². The number of fused-ring (bicyclic) bond motifs is 1. The van der Waals surface area contributed by atoms with E-state index < -0.39 is 0 Å². The number of Topliss-reactive ketones (excluding diaryl/α,β-unsaturated/α-hetero) is 1.